The number of methoxy groups -OCH3 is 1. The first kappa shape index (κ1) is 25.2. The Balaban J connectivity index is 1.53. The molecule has 1 saturated heterocycles. The lowest BCUT2D eigenvalue weighted by Crippen LogP contribution is -2.49. The van der Waals surface area contributed by atoms with Crippen LogP contribution in [0.4, 0.5) is 0 Å². The normalized spacial score (nSPS) is 13.9. The summed E-state index contributed by atoms with van der Waals surface area (Å²) in [4.78, 5) is 43.3. The molecular weight excluding hydrogens is 456 g/mol. The summed E-state index contributed by atoms with van der Waals surface area (Å²) in [6.07, 6.45) is 3.10. The van der Waals surface area contributed by atoms with E-state index in [9.17, 15) is 14.4 Å². The molecule has 3 aromatic rings. The van der Waals surface area contributed by atoms with Crippen LogP contribution >= 0.6 is 0 Å². The van der Waals surface area contributed by atoms with Crippen molar-refractivity contribution in [3.8, 4) is 5.75 Å². The first-order valence-electron chi connectivity index (χ1n) is 12.2. The van der Waals surface area contributed by atoms with Crippen molar-refractivity contribution in [2.45, 2.75) is 20.0 Å². The third-order valence-electron chi connectivity index (χ3n) is 6.35. The Morgan fingerprint density at radius 3 is 2.25 bits per heavy atom. The smallest absolute Gasteiger partial charge is 0.259 e. The average Bonchev–Trinajstić information content (AvgIpc) is 2.90. The van der Waals surface area contributed by atoms with Gasteiger partial charge in [-0.1, -0.05) is 48.5 Å². The van der Waals surface area contributed by atoms with Crippen LogP contribution in [0, 0.1) is 0 Å². The largest absolute Gasteiger partial charge is 0.496 e. The van der Waals surface area contributed by atoms with Crippen LogP contribution in [-0.4, -0.2) is 66.0 Å². The van der Waals surface area contributed by atoms with Crippen LogP contribution in [0.3, 0.4) is 0 Å². The van der Waals surface area contributed by atoms with Crippen molar-refractivity contribution >= 4 is 11.8 Å². The van der Waals surface area contributed by atoms with Crippen LogP contribution in [0.5, 0.6) is 5.75 Å². The van der Waals surface area contributed by atoms with Crippen LogP contribution < -0.4 is 15.5 Å². The fraction of sp³-hybridized carbons (Fsp3) is 0.321. The molecule has 1 aliphatic rings. The van der Waals surface area contributed by atoms with Gasteiger partial charge in [-0.05, 0) is 18.6 Å². The van der Waals surface area contributed by atoms with Crippen LogP contribution in [0.1, 0.15) is 38.8 Å². The lowest BCUT2D eigenvalue weighted by molar-refractivity contribution is 0.0625. The second-order valence-corrected chi connectivity index (χ2v) is 8.81. The minimum atomic E-state index is -0.535. The van der Waals surface area contributed by atoms with E-state index < -0.39 is 11.3 Å². The number of aromatic nitrogens is 1. The minimum absolute atomic E-state index is 0.0200. The molecule has 0 aliphatic carbocycles. The zero-order chi connectivity index (χ0) is 25.5. The molecule has 0 atom stereocenters. The van der Waals surface area contributed by atoms with E-state index in [1.165, 1.54) is 6.20 Å². The standard InChI is InChI=1S/C28H32N4O4/c1-3-29-27(34)23-19-31(17-21-9-5-4-6-10-21)20-24(26(23)33)28(35)32-15-13-30(14-16-32)18-22-11-7-8-12-25(22)36-2/h4-12,19-20H,3,13-18H2,1-2H3,(H,29,34). The molecule has 0 spiro atoms. The van der Waals surface area contributed by atoms with E-state index in [-0.39, 0.29) is 17.0 Å². The van der Waals surface area contributed by atoms with Crippen LogP contribution in [-0.2, 0) is 13.1 Å². The number of ether oxygens (including phenoxy) is 1. The summed E-state index contributed by atoms with van der Waals surface area (Å²) >= 11 is 0. The molecule has 1 N–H and O–H groups in total. The molecule has 1 aromatic heterocycles. The Kier molecular flexibility index (Phi) is 8.17. The fourth-order valence-electron chi connectivity index (χ4n) is 4.44. The SMILES string of the molecule is CCNC(=O)c1cn(Cc2ccccc2)cc(C(=O)N2CCN(Cc3ccccc3OC)CC2)c1=O. The van der Waals surface area contributed by atoms with Crippen LogP contribution in [0.25, 0.3) is 0 Å². The highest BCUT2D eigenvalue weighted by molar-refractivity contribution is 5.99. The molecule has 0 saturated carbocycles. The quantitative estimate of drug-likeness (QED) is 0.527. The zero-order valence-corrected chi connectivity index (χ0v) is 20.8. The summed E-state index contributed by atoms with van der Waals surface area (Å²) < 4.78 is 7.20. The Morgan fingerprint density at radius 2 is 1.56 bits per heavy atom. The second-order valence-electron chi connectivity index (χ2n) is 8.81. The third-order valence-corrected chi connectivity index (χ3v) is 6.35. The maximum Gasteiger partial charge on any atom is 0.259 e. The van der Waals surface area contributed by atoms with Gasteiger partial charge in [0.2, 0.25) is 5.43 Å². The number of hydrogen-bond acceptors (Lipinski definition) is 5. The number of carbonyl (C=O) groups is 2. The van der Waals surface area contributed by atoms with Gasteiger partial charge >= 0.3 is 0 Å². The molecule has 8 nitrogen and oxygen atoms in total. The highest BCUT2D eigenvalue weighted by Crippen LogP contribution is 2.20. The van der Waals surface area contributed by atoms with Gasteiger partial charge in [0.15, 0.2) is 0 Å². The van der Waals surface area contributed by atoms with E-state index in [0.717, 1.165) is 23.4 Å². The Hall–Kier alpha value is -3.91. The minimum Gasteiger partial charge on any atom is -0.496 e. The van der Waals surface area contributed by atoms with Gasteiger partial charge in [-0.3, -0.25) is 19.3 Å². The summed E-state index contributed by atoms with van der Waals surface area (Å²) in [6, 6.07) is 17.6. The topological polar surface area (TPSA) is 83.9 Å². The second kappa shape index (κ2) is 11.7. The Labute approximate surface area is 211 Å². The number of carbonyl (C=O) groups excluding carboxylic acids is 2. The van der Waals surface area contributed by atoms with Gasteiger partial charge in [-0.2, -0.15) is 0 Å². The molecule has 8 heteroatoms. The molecule has 2 aromatic carbocycles. The lowest BCUT2D eigenvalue weighted by atomic mass is 10.1. The van der Waals surface area contributed by atoms with Crippen LogP contribution in [0.2, 0.25) is 0 Å². The van der Waals surface area contributed by atoms with Crippen molar-refractivity contribution in [1.29, 1.82) is 0 Å². The van der Waals surface area contributed by atoms with Crippen molar-refractivity contribution in [2.75, 3.05) is 39.8 Å². The number of nitrogens with zero attached hydrogens (tertiary/aromatic N) is 3. The Morgan fingerprint density at radius 1 is 0.889 bits per heavy atom. The molecule has 1 fully saturated rings. The summed E-state index contributed by atoms with van der Waals surface area (Å²) in [5, 5.41) is 2.68. The van der Waals surface area contributed by atoms with Gasteiger partial charge in [0, 0.05) is 63.8 Å². The predicted octanol–water partition coefficient (Wildman–Crippen LogP) is 2.61. The van der Waals surface area contributed by atoms with Crippen LogP contribution in [0.15, 0.2) is 71.8 Å². The van der Waals surface area contributed by atoms with Gasteiger partial charge in [-0.25, -0.2) is 0 Å². The third kappa shape index (κ3) is 5.83. The van der Waals surface area contributed by atoms with Crippen molar-refractivity contribution in [2.24, 2.45) is 0 Å². The van der Waals surface area contributed by atoms with E-state index in [1.54, 1.807) is 29.7 Å². The monoisotopic (exact) mass is 488 g/mol. The van der Waals surface area contributed by atoms with Gasteiger partial charge in [0.25, 0.3) is 11.8 Å². The molecule has 1 aliphatic heterocycles. The molecule has 2 amide bonds. The Bertz CT molecular complexity index is 1260. The molecule has 0 unspecified atom stereocenters. The van der Waals surface area contributed by atoms with Gasteiger partial charge in [0.1, 0.15) is 16.9 Å². The summed E-state index contributed by atoms with van der Waals surface area (Å²) in [7, 11) is 1.66. The first-order chi connectivity index (χ1) is 17.5. The van der Waals surface area contributed by atoms with Gasteiger partial charge in [0.05, 0.1) is 7.11 Å². The number of amides is 2. The predicted molar refractivity (Wildman–Crippen MR) is 138 cm³/mol. The number of piperazine rings is 1. The number of hydrogen-bond donors (Lipinski definition) is 1. The summed E-state index contributed by atoms with van der Waals surface area (Å²) in [6.45, 7) is 5.71. The fourth-order valence-corrected chi connectivity index (χ4v) is 4.44. The molecular formula is C28H32N4O4. The van der Waals surface area contributed by atoms with Gasteiger partial charge < -0.3 is 19.5 Å². The number of benzene rings is 2. The molecule has 188 valence electrons. The highest BCUT2D eigenvalue weighted by Gasteiger charge is 2.26. The number of nitrogens with one attached hydrogen (secondary N) is 1. The first-order valence-corrected chi connectivity index (χ1v) is 12.2. The highest BCUT2D eigenvalue weighted by atomic mass is 16.5. The maximum atomic E-state index is 13.5. The average molecular weight is 489 g/mol. The number of pyridine rings is 1. The molecule has 0 radical (unpaired) electrons. The summed E-state index contributed by atoms with van der Waals surface area (Å²) in [5.74, 6) is 0.0302. The molecule has 0 bridgehead atoms. The molecule has 36 heavy (non-hydrogen) atoms. The molecule has 2 heterocycles. The number of rotatable bonds is 8. The van der Waals surface area contributed by atoms with Gasteiger partial charge in [-0.15, -0.1) is 0 Å². The summed E-state index contributed by atoms with van der Waals surface area (Å²) in [5.41, 5.74) is 1.57. The van der Waals surface area contributed by atoms with E-state index in [4.69, 9.17) is 4.74 Å². The maximum absolute atomic E-state index is 13.5. The zero-order valence-electron chi connectivity index (χ0n) is 20.8. The van der Waals surface area contributed by atoms with E-state index >= 15 is 0 Å². The van der Waals surface area contributed by atoms with Crippen molar-refractivity contribution in [3.63, 3.8) is 0 Å². The van der Waals surface area contributed by atoms with E-state index in [1.807, 2.05) is 54.6 Å². The van der Waals surface area contributed by atoms with E-state index in [2.05, 4.69) is 10.2 Å². The lowest BCUT2D eigenvalue weighted by Gasteiger charge is -2.35. The number of para-hydroxylation sites is 1. The van der Waals surface area contributed by atoms with Crippen molar-refractivity contribution in [1.82, 2.24) is 19.7 Å². The van der Waals surface area contributed by atoms with E-state index in [0.29, 0.717) is 39.3 Å². The van der Waals surface area contributed by atoms with Crippen molar-refractivity contribution in [3.05, 3.63) is 99.5 Å². The van der Waals surface area contributed by atoms with Crippen molar-refractivity contribution < 1.29 is 14.3 Å². The molecule has 4 rings (SSSR count).